The Morgan fingerprint density at radius 1 is 0.265 bits per heavy atom. The topological polar surface area (TPSA) is 6.48 Å². The van der Waals surface area contributed by atoms with E-state index in [1.165, 1.54) is 264 Å². The molecule has 292 valence electrons. The monoisotopic (exact) mass is 687 g/mol. The molecular formula is C47H94N2. The van der Waals surface area contributed by atoms with Crippen molar-refractivity contribution < 1.29 is 0 Å². The van der Waals surface area contributed by atoms with E-state index in [2.05, 4.69) is 43.0 Å². The van der Waals surface area contributed by atoms with Gasteiger partial charge < -0.3 is 9.80 Å². The Balaban J connectivity index is 2.04. The van der Waals surface area contributed by atoms with Gasteiger partial charge in [-0.25, -0.2) is 0 Å². The molecule has 0 bridgehead atoms. The van der Waals surface area contributed by atoms with Gasteiger partial charge in [-0.3, -0.25) is 0 Å². The average Bonchev–Trinajstić information content (AvgIpc) is 3.50. The van der Waals surface area contributed by atoms with Crippen molar-refractivity contribution in [3.8, 4) is 0 Å². The number of nitrogens with zero attached hydrogens (tertiary/aromatic N) is 2. The van der Waals surface area contributed by atoms with E-state index < -0.39 is 0 Å². The third kappa shape index (κ3) is 30.7. The zero-order chi connectivity index (χ0) is 35.1. The molecule has 0 saturated heterocycles. The number of rotatable bonds is 41. The fraction of sp³-hybridized carbons (Fsp3) is 0.957. The SMILES string of the molecule is CCCCCCCCCCCCCCCCCCCC1N(CCCCCC)C=CN1CCCCCCCCCCCCCCCCCCC. The van der Waals surface area contributed by atoms with Crippen LogP contribution in [0.15, 0.2) is 12.4 Å². The number of hydrogen-bond acceptors (Lipinski definition) is 2. The van der Waals surface area contributed by atoms with E-state index in [-0.39, 0.29) is 0 Å². The van der Waals surface area contributed by atoms with Crippen molar-refractivity contribution in [2.75, 3.05) is 13.1 Å². The molecule has 1 atom stereocenters. The normalized spacial score (nSPS) is 14.6. The summed E-state index contributed by atoms with van der Waals surface area (Å²) in [6.07, 6.45) is 61.9. The highest BCUT2D eigenvalue weighted by Gasteiger charge is 2.24. The average molecular weight is 687 g/mol. The van der Waals surface area contributed by atoms with Gasteiger partial charge in [0, 0.05) is 25.5 Å². The second kappa shape index (κ2) is 38.6. The van der Waals surface area contributed by atoms with Crippen LogP contribution in [0, 0.1) is 0 Å². The molecular weight excluding hydrogens is 593 g/mol. The predicted molar refractivity (Wildman–Crippen MR) is 223 cm³/mol. The summed E-state index contributed by atoms with van der Waals surface area (Å²) in [5.74, 6) is 0. The maximum absolute atomic E-state index is 2.72. The molecule has 0 spiro atoms. The quantitative estimate of drug-likeness (QED) is 0.0591. The minimum Gasteiger partial charge on any atom is -0.356 e. The Morgan fingerprint density at radius 3 is 0.735 bits per heavy atom. The third-order valence-electron chi connectivity index (χ3n) is 11.6. The Bertz CT molecular complexity index is 644. The summed E-state index contributed by atoms with van der Waals surface area (Å²) in [5, 5.41) is 0. The summed E-state index contributed by atoms with van der Waals surface area (Å²) in [5.41, 5.74) is 0. The minimum atomic E-state index is 0.638. The second-order valence-corrected chi connectivity index (χ2v) is 16.4. The molecule has 0 aliphatic carbocycles. The van der Waals surface area contributed by atoms with Crippen LogP contribution in [0.3, 0.4) is 0 Å². The van der Waals surface area contributed by atoms with Crippen molar-refractivity contribution in [1.82, 2.24) is 9.80 Å². The van der Waals surface area contributed by atoms with Crippen molar-refractivity contribution in [2.45, 2.75) is 277 Å². The summed E-state index contributed by atoms with van der Waals surface area (Å²) in [6, 6.07) is 0. The summed E-state index contributed by atoms with van der Waals surface area (Å²) in [7, 11) is 0. The van der Waals surface area contributed by atoms with Crippen LogP contribution in [0.1, 0.15) is 271 Å². The van der Waals surface area contributed by atoms with Crippen LogP contribution in [0.2, 0.25) is 0 Å². The first-order chi connectivity index (χ1) is 24.3. The van der Waals surface area contributed by atoms with Crippen LogP contribution < -0.4 is 0 Å². The summed E-state index contributed by atoms with van der Waals surface area (Å²) >= 11 is 0. The molecule has 1 heterocycles. The summed E-state index contributed by atoms with van der Waals surface area (Å²) in [4.78, 5) is 5.42. The lowest BCUT2D eigenvalue weighted by atomic mass is 10.0. The first kappa shape index (κ1) is 46.4. The van der Waals surface area contributed by atoms with Crippen LogP contribution >= 0.6 is 0 Å². The molecule has 0 aromatic carbocycles. The fourth-order valence-corrected chi connectivity index (χ4v) is 8.13. The lowest BCUT2D eigenvalue weighted by Crippen LogP contribution is -2.39. The van der Waals surface area contributed by atoms with E-state index >= 15 is 0 Å². The molecule has 0 N–H and O–H groups in total. The van der Waals surface area contributed by atoms with E-state index in [0.717, 1.165) is 0 Å². The van der Waals surface area contributed by atoms with Gasteiger partial charge in [0.05, 0.1) is 0 Å². The smallest absolute Gasteiger partial charge is 0.101 e. The van der Waals surface area contributed by atoms with Crippen LogP contribution in [-0.2, 0) is 0 Å². The molecule has 0 radical (unpaired) electrons. The van der Waals surface area contributed by atoms with Crippen LogP contribution in [0.5, 0.6) is 0 Å². The largest absolute Gasteiger partial charge is 0.356 e. The Hall–Kier alpha value is -0.660. The van der Waals surface area contributed by atoms with Gasteiger partial charge in [-0.05, 0) is 25.7 Å². The number of hydrogen-bond donors (Lipinski definition) is 0. The first-order valence-electron chi connectivity index (χ1n) is 23.5. The fourth-order valence-electron chi connectivity index (χ4n) is 8.13. The van der Waals surface area contributed by atoms with Crippen molar-refractivity contribution in [3.05, 3.63) is 12.4 Å². The molecule has 0 amide bonds. The molecule has 1 unspecified atom stereocenters. The van der Waals surface area contributed by atoms with Gasteiger partial charge in [-0.15, -0.1) is 0 Å². The van der Waals surface area contributed by atoms with Crippen LogP contribution in [0.25, 0.3) is 0 Å². The van der Waals surface area contributed by atoms with Crippen molar-refractivity contribution in [2.24, 2.45) is 0 Å². The van der Waals surface area contributed by atoms with Gasteiger partial charge in [0.25, 0.3) is 0 Å². The van der Waals surface area contributed by atoms with E-state index in [1.54, 1.807) is 0 Å². The van der Waals surface area contributed by atoms with E-state index in [9.17, 15) is 0 Å². The molecule has 49 heavy (non-hydrogen) atoms. The van der Waals surface area contributed by atoms with Gasteiger partial charge in [0.1, 0.15) is 6.17 Å². The summed E-state index contributed by atoms with van der Waals surface area (Å²) in [6.45, 7) is 9.48. The predicted octanol–water partition coefficient (Wildman–Crippen LogP) is 16.7. The van der Waals surface area contributed by atoms with Crippen LogP contribution in [-0.4, -0.2) is 29.1 Å². The molecule has 0 aromatic rings. The van der Waals surface area contributed by atoms with E-state index in [4.69, 9.17) is 0 Å². The van der Waals surface area contributed by atoms with Crippen molar-refractivity contribution >= 4 is 0 Å². The molecule has 2 heteroatoms. The lowest BCUT2D eigenvalue weighted by Gasteiger charge is -2.33. The molecule has 0 saturated carbocycles. The van der Waals surface area contributed by atoms with Gasteiger partial charge in [-0.1, -0.05) is 245 Å². The molecule has 1 aliphatic rings. The highest BCUT2D eigenvalue weighted by atomic mass is 15.4. The van der Waals surface area contributed by atoms with Crippen molar-refractivity contribution in [3.63, 3.8) is 0 Å². The Morgan fingerprint density at radius 2 is 0.469 bits per heavy atom. The molecule has 0 aromatic heterocycles. The zero-order valence-electron chi connectivity index (χ0n) is 34.6. The van der Waals surface area contributed by atoms with Crippen LogP contribution in [0.4, 0.5) is 0 Å². The van der Waals surface area contributed by atoms with Gasteiger partial charge >= 0.3 is 0 Å². The highest BCUT2D eigenvalue weighted by molar-refractivity contribution is 4.97. The van der Waals surface area contributed by atoms with Gasteiger partial charge in [0.2, 0.25) is 0 Å². The van der Waals surface area contributed by atoms with Gasteiger partial charge in [0.15, 0.2) is 0 Å². The standard InChI is InChI=1S/C47H94N2/c1-4-7-10-13-15-17-19-21-23-25-27-29-31-33-35-37-39-42-47-48(43-40-12-9-6-3)45-46-49(47)44-41-38-36-34-32-30-28-26-24-22-20-18-16-14-11-8-5-2/h45-47H,4-44H2,1-3H3. The molecule has 1 rings (SSSR count). The molecule has 0 fully saturated rings. The van der Waals surface area contributed by atoms with E-state index in [1.807, 2.05) is 0 Å². The minimum absolute atomic E-state index is 0.638. The van der Waals surface area contributed by atoms with E-state index in [0.29, 0.717) is 6.17 Å². The lowest BCUT2D eigenvalue weighted by molar-refractivity contribution is 0.135. The first-order valence-corrected chi connectivity index (χ1v) is 23.5. The highest BCUT2D eigenvalue weighted by Crippen LogP contribution is 2.24. The third-order valence-corrected chi connectivity index (χ3v) is 11.6. The summed E-state index contributed by atoms with van der Waals surface area (Å²) < 4.78 is 0. The maximum atomic E-state index is 2.72. The molecule has 2 nitrogen and oxygen atoms in total. The maximum Gasteiger partial charge on any atom is 0.101 e. The van der Waals surface area contributed by atoms with Crippen molar-refractivity contribution in [1.29, 1.82) is 0 Å². The zero-order valence-corrected chi connectivity index (χ0v) is 34.6. The second-order valence-electron chi connectivity index (χ2n) is 16.4. The number of unbranched alkanes of at least 4 members (excludes halogenated alkanes) is 35. The Kier molecular flexibility index (Phi) is 36.5. The van der Waals surface area contributed by atoms with Gasteiger partial charge in [-0.2, -0.15) is 0 Å². The Labute approximate surface area is 311 Å². The molecule has 1 aliphatic heterocycles.